The molecule has 3 N–H and O–H groups in total. The SMILES string of the molecule is CCCCCCCCN.CCNC(=O)OCC.c1ccncc1. The number of unbranched alkanes of at least 4 members (excludes halogenated alkanes) is 5. The zero-order valence-corrected chi connectivity index (χ0v) is 15.1. The van der Waals surface area contributed by atoms with E-state index in [0.29, 0.717) is 13.2 Å². The first-order valence-electron chi connectivity index (χ1n) is 8.68. The second-order valence-corrected chi connectivity index (χ2v) is 4.83. The first kappa shape index (κ1) is 23.6. The molecule has 1 aromatic heterocycles. The molecule has 0 saturated heterocycles. The molecule has 0 atom stereocenters. The molecule has 134 valence electrons. The molecule has 0 spiro atoms. The molecule has 5 nitrogen and oxygen atoms in total. The van der Waals surface area contributed by atoms with Crippen LogP contribution in [0.5, 0.6) is 0 Å². The van der Waals surface area contributed by atoms with Gasteiger partial charge in [-0.1, -0.05) is 45.1 Å². The highest BCUT2D eigenvalue weighted by atomic mass is 16.5. The fraction of sp³-hybridized carbons (Fsp3) is 0.667. The first-order chi connectivity index (χ1) is 11.2. The fourth-order valence-corrected chi connectivity index (χ4v) is 1.56. The van der Waals surface area contributed by atoms with E-state index < -0.39 is 0 Å². The average molecular weight is 325 g/mol. The molecule has 5 heteroatoms. The lowest BCUT2D eigenvalue weighted by Crippen LogP contribution is -2.23. The predicted molar refractivity (Wildman–Crippen MR) is 97.4 cm³/mol. The molecule has 0 aliphatic heterocycles. The van der Waals surface area contributed by atoms with Crippen LogP contribution in [0, 0.1) is 0 Å². The average Bonchev–Trinajstić information content (AvgIpc) is 2.58. The molecule has 0 aliphatic carbocycles. The summed E-state index contributed by atoms with van der Waals surface area (Å²) >= 11 is 0. The van der Waals surface area contributed by atoms with Crippen molar-refractivity contribution in [2.45, 2.75) is 59.3 Å². The normalized spacial score (nSPS) is 8.87. The summed E-state index contributed by atoms with van der Waals surface area (Å²) in [6.45, 7) is 7.78. The Bertz CT molecular complexity index is 281. The number of aromatic nitrogens is 1. The molecule has 0 fully saturated rings. The molecule has 0 saturated carbocycles. The number of rotatable bonds is 8. The summed E-state index contributed by atoms with van der Waals surface area (Å²) in [5, 5.41) is 2.49. The van der Waals surface area contributed by atoms with Crippen molar-refractivity contribution in [1.29, 1.82) is 0 Å². The number of nitrogens with zero attached hydrogens (tertiary/aromatic N) is 1. The number of hydrogen-bond donors (Lipinski definition) is 2. The van der Waals surface area contributed by atoms with Gasteiger partial charge in [0, 0.05) is 18.9 Å². The maximum absolute atomic E-state index is 10.3. The lowest BCUT2D eigenvalue weighted by molar-refractivity contribution is 0.153. The van der Waals surface area contributed by atoms with Crippen molar-refractivity contribution >= 4 is 6.09 Å². The van der Waals surface area contributed by atoms with E-state index in [1.807, 2.05) is 25.1 Å². The van der Waals surface area contributed by atoms with Crippen molar-refractivity contribution in [1.82, 2.24) is 10.3 Å². The number of carbonyl (C=O) groups excluding carboxylic acids is 1. The van der Waals surface area contributed by atoms with Crippen LogP contribution in [0.15, 0.2) is 30.6 Å². The van der Waals surface area contributed by atoms with Crippen LogP contribution in [-0.4, -0.2) is 30.8 Å². The number of amides is 1. The van der Waals surface area contributed by atoms with E-state index >= 15 is 0 Å². The maximum atomic E-state index is 10.3. The summed E-state index contributed by atoms with van der Waals surface area (Å²) in [5.41, 5.74) is 5.34. The maximum Gasteiger partial charge on any atom is 0.407 e. The minimum Gasteiger partial charge on any atom is -0.450 e. The van der Waals surface area contributed by atoms with Crippen molar-refractivity contribution in [3.05, 3.63) is 30.6 Å². The number of alkyl carbamates (subject to hydrolysis) is 1. The van der Waals surface area contributed by atoms with Gasteiger partial charge in [-0.15, -0.1) is 0 Å². The van der Waals surface area contributed by atoms with Crippen LogP contribution >= 0.6 is 0 Å². The highest BCUT2D eigenvalue weighted by Crippen LogP contribution is 2.03. The van der Waals surface area contributed by atoms with Gasteiger partial charge in [0.2, 0.25) is 0 Å². The molecule has 0 unspecified atom stereocenters. The minimum atomic E-state index is -0.338. The Kier molecular flexibility index (Phi) is 23.3. The predicted octanol–water partition coefficient (Wildman–Crippen LogP) is 4.14. The van der Waals surface area contributed by atoms with Gasteiger partial charge in [-0.05, 0) is 38.9 Å². The van der Waals surface area contributed by atoms with Gasteiger partial charge in [0.05, 0.1) is 6.61 Å². The quantitative estimate of drug-likeness (QED) is 0.704. The monoisotopic (exact) mass is 325 g/mol. The van der Waals surface area contributed by atoms with Crippen molar-refractivity contribution < 1.29 is 9.53 Å². The van der Waals surface area contributed by atoms with E-state index in [4.69, 9.17) is 5.73 Å². The van der Waals surface area contributed by atoms with E-state index in [2.05, 4.69) is 22.0 Å². The summed E-state index contributed by atoms with van der Waals surface area (Å²) in [6.07, 6.45) is 11.2. The summed E-state index contributed by atoms with van der Waals surface area (Å²) in [4.78, 5) is 14.1. The second-order valence-electron chi connectivity index (χ2n) is 4.83. The Hall–Kier alpha value is -1.62. The molecule has 1 amide bonds. The van der Waals surface area contributed by atoms with Crippen LogP contribution in [-0.2, 0) is 4.74 Å². The smallest absolute Gasteiger partial charge is 0.407 e. The topological polar surface area (TPSA) is 77.2 Å². The molecular formula is C18H35N3O2. The number of nitrogens with two attached hydrogens (primary N) is 1. The van der Waals surface area contributed by atoms with Crippen LogP contribution in [0.2, 0.25) is 0 Å². The van der Waals surface area contributed by atoms with Crippen molar-refractivity contribution in [3.63, 3.8) is 0 Å². The van der Waals surface area contributed by atoms with Gasteiger partial charge < -0.3 is 15.8 Å². The summed E-state index contributed by atoms with van der Waals surface area (Å²) in [5.74, 6) is 0. The van der Waals surface area contributed by atoms with E-state index in [-0.39, 0.29) is 6.09 Å². The van der Waals surface area contributed by atoms with Crippen molar-refractivity contribution in [3.8, 4) is 0 Å². The third-order valence-electron chi connectivity index (χ3n) is 2.72. The lowest BCUT2D eigenvalue weighted by Gasteiger charge is -1.99. The van der Waals surface area contributed by atoms with E-state index in [9.17, 15) is 4.79 Å². The lowest BCUT2D eigenvalue weighted by atomic mass is 10.1. The highest BCUT2D eigenvalue weighted by molar-refractivity contribution is 5.66. The van der Waals surface area contributed by atoms with E-state index in [1.165, 1.54) is 38.5 Å². The number of carbonyl (C=O) groups is 1. The fourth-order valence-electron chi connectivity index (χ4n) is 1.56. The molecule has 0 aliphatic rings. The Balaban J connectivity index is 0. The number of hydrogen-bond acceptors (Lipinski definition) is 4. The zero-order chi connectivity index (χ0) is 17.6. The Morgan fingerprint density at radius 3 is 2.00 bits per heavy atom. The molecular weight excluding hydrogens is 290 g/mol. The summed E-state index contributed by atoms with van der Waals surface area (Å²) in [6, 6.07) is 5.72. The van der Waals surface area contributed by atoms with E-state index in [1.54, 1.807) is 19.3 Å². The van der Waals surface area contributed by atoms with Crippen LogP contribution in [0.4, 0.5) is 4.79 Å². The summed E-state index contributed by atoms with van der Waals surface area (Å²) in [7, 11) is 0. The van der Waals surface area contributed by atoms with Gasteiger partial charge in [-0.2, -0.15) is 0 Å². The molecule has 0 bridgehead atoms. The zero-order valence-electron chi connectivity index (χ0n) is 15.1. The third-order valence-corrected chi connectivity index (χ3v) is 2.72. The van der Waals surface area contributed by atoms with Gasteiger partial charge in [-0.3, -0.25) is 4.98 Å². The minimum absolute atomic E-state index is 0.338. The molecule has 0 radical (unpaired) electrons. The Labute approximate surface area is 142 Å². The van der Waals surface area contributed by atoms with E-state index in [0.717, 1.165) is 6.54 Å². The molecule has 1 aromatic rings. The van der Waals surface area contributed by atoms with Gasteiger partial charge in [0.15, 0.2) is 0 Å². The van der Waals surface area contributed by atoms with Gasteiger partial charge in [-0.25, -0.2) is 4.79 Å². The van der Waals surface area contributed by atoms with Crippen LogP contribution in [0.3, 0.4) is 0 Å². The van der Waals surface area contributed by atoms with Crippen molar-refractivity contribution in [2.75, 3.05) is 19.7 Å². The van der Waals surface area contributed by atoms with Gasteiger partial charge in [0.25, 0.3) is 0 Å². The number of pyridine rings is 1. The van der Waals surface area contributed by atoms with Gasteiger partial charge >= 0.3 is 6.09 Å². The molecule has 1 heterocycles. The molecule has 1 rings (SSSR count). The van der Waals surface area contributed by atoms with Gasteiger partial charge in [0.1, 0.15) is 0 Å². The second kappa shape index (κ2) is 22.7. The third kappa shape index (κ3) is 25.7. The first-order valence-corrected chi connectivity index (χ1v) is 8.68. The Morgan fingerprint density at radius 1 is 1.00 bits per heavy atom. The largest absolute Gasteiger partial charge is 0.450 e. The molecule has 0 aromatic carbocycles. The van der Waals surface area contributed by atoms with Crippen LogP contribution < -0.4 is 11.1 Å². The highest BCUT2D eigenvalue weighted by Gasteiger charge is 1.92. The van der Waals surface area contributed by atoms with Crippen molar-refractivity contribution in [2.24, 2.45) is 5.73 Å². The summed E-state index contributed by atoms with van der Waals surface area (Å²) < 4.78 is 4.53. The number of nitrogens with one attached hydrogen (secondary N) is 1. The number of ether oxygens (including phenoxy) is 1. The standard InChI is InChI=1S/C8H19N.C5H11NO2.C5H5N/c1-2-3-4-5-6-7-8-9;1-3-6-5(7)8-4-2;1-2-4-6-5-3-1/h2-9H2,1H3;3-4H2,1-2H3,(H,6,7);1-5H. The molecule has 23 heavy (non-hydrogen) atoms. The van der Waals surface area contributed by atoms with Crippen LogP contribution in [0.25, 0.3) is 0 Å². The Morgan fingerprint density at radius 2 is 1.61 bits per heavy atom. The van der Waals surface area contributed by atoms with Crippen LogP contribution in [0.1, 0.15) is 59.3 Å².